The fourth-order valence-electron chi connectivity index (χ4n) is 4.93. The summed E-state index contributed by atoms with van der Waals surface area (Å²) in [7, 11) is 0. The van der Waals surface area contributed by atoms with Crippen LogP contribution in [0, 0.1) is 12.8 Å². The molecule has 2 nitrogen and oxygen atoms in total. The van der Waals surface area contributed by atoms with E-state index < -0.39 is 0 Å². The Morgan fingerprint density at radius 2 is 0.510 bits per heavy atom. The van der Waals surface area contributed by atoms with Gasteiger partial charge in [-0.1, -0.05) is 128 Å². The zero-order valence-corrected chi connectivity index (χ0v) is 45.1. The van der Waals surface area contributed by atoms with Crippen LogP contribution in [0.15, 0.2) is 97.1 Å². The molecule has 0 amide bonds. The van der Waals surface area contributed by atoms with Gasteiger partial charge in [0.2, 0.25) is 0 Å². The Balaban J connectivity index is -0.000000119. The Hall–Kier alpha value is 2.71. The average Bonchev–Trinajstić information content (AvgIpc) is 3.54. The Kier molecular flexibility index (Phi) is 64.6. The molecule has 6 rings (SSSR count). The number of nitrogens with zero attached hydrogens (tertiary/aromatic N) is 2. The number of aromatic nitrogens is 2. The van der Waals surface area contributed by atoms with Crippen molar-refractivity contribution >= 4 is 43.6 Å². The first-order valence-corrected chi connectivity index (χ1v) is 15.0. The van der Waals surface area contributed by atoms with Crippen LogP contribution in [0.5, 0.6) is 0 Å². The van der Waals surface area contributed by atoms with Crippen LogP contribution < -0.4 is 0 Å². The van der Waals surface area contributed by atoms with Crippen LogP contribution in [0.2, 0.25) is 0 Å². The van der Waals surface area contributed by atoms with E-state index in [1.54, 1.807) is 0 Å². The van der Waals surface area contributed by atoms with Gasteiger partial charge in [-0.15, -0.1) is 13.1 Å². The Morgan fingerprint density at radius 1 is 0.327 bits per heavy atom. The van der Waals surface area contributed by atoms with Gasteiger partial charge in [0.25, 0.3) is 0 Å². The summed E-state index contributed by atoms with van der Waals surface area (Å²) in [6.07, 6.45) is 5.74. The van der Waals surface area contributed by atoms with E-state index in [2.05, 4.69) is 119 Å². The number of hydrogen-bond donors (Lipinski definition) is 0. The molecule has 0 N–H and O–H groups in total. The van der Waals surface area contributed by atoms with Crippen molar-refractivity contribution in [2.24, 2.45) is 0 Å². The number of fused-ring (bicyclic) bond motifs is 6. The molecule has 0 unspecified atom stereocenters. The molecular weight excluding hydrogens is 1500 g/mol. The van der Waals surface area contributed by atoms with Crippen molar-refractivity contribution in [3.63, 3.8) is 0 Å². The van der Waals surface area contributed by atoms with E-state index in [0.717, 1.165) is 19.5 Å². The molecule has 12 heteroatoms. The summed E-state index contributed by atoms with van der Waals surface area (Å²) in [5, 5.41) is 5.34. The van der Waals surface area contributed by atoms with Gasteiger partial charge in [-0.3, -0.25) is 0 Å². The maximum atomic E-state index is 2.43. The van der Waals surface area contributed by atoms with Crippen LogP contribution >= 0.6 is 0 Å². The molecule has 4 aromatic carbocycles. The van der Waals surface area contributed by atoms with Gasteiger partial charge in [0.1, 0.15) is 0 Å². The van der Waals surface area contributed by atoms with Crippen molar-refractivity contribution in [3.8, 4) is 0 Å². The molecule has 0 aliphatic rings. The standard InChI is InChI=1S/C29H24N2.4C2H6.10Rh/c1(10-20-30-26-16-6-2-12-22(26)23-13-3-7-17-27(23)30)11-21-31-28-18-8-4-14-24(28)25-15-5-9-19-29(25)31;4*1-2;;;;;;;;;;/h2-19H,1,20-21H2;4*1-2H3;;;;;;;;;;/q-2;;;;;;;;;;;;;;. The Bertz CT molecular complexity index is 1330. The average molecular weight is 1550 g/mol. The molecule has 0 aliphatic carbocycles. The molecule has 6 aromatic rings. The molecule has 298 valence electrons. The monoisotopic (exact) mass is 1550 g/mol. The molecule has 49 heavy (non-hydrogen) atoms. The van der Waals surface area contributed by atoms with Crippen LogP contribution in [-0.2, 0) is 208 Å². The maximum Gasteiger partial charge on any atom is 0.0466 e. The third kappa shape index (κ3) is 19.4. The van der Waals surface area contributed by atoms with Gasteiger partial charge >= 0.3 is 0 Å². The van der Waals surface area contributed by atoms with Crippen LogP contribution in [0.4, 0.5) is 0 Å². The van der Waals surface area contributed by atoms with Crippen molar-refractivity contribution in [2.75, 3.05) is 0 Å². The topological polar surface area (TPSA) is 9.86 Å². The minimum absolute atomic E-state index is 0. The quantitative estimate of drug-likeness (QED) is 0.0894. The first kappa shape index (κ1) is 72.9. The molecule has 0 saturated carbocycles. The third-order valence-electron chi connectivity index (χ3n) is 6.32. The minimum Gasteiger partial charge on any atom is -0.371 e. The van der Waals surface area contributed by atoms with Crippen molar-refractivity contribution in [1.82, 2.24) is 9.13 Å². The Labute approximate surface area is 426 Å². The Morgan fingerprint density at radius 3 is 0.714 bits per heavy atom. The van der Waals surface area contributed by atoms with Gasteiger partial charge in [0.05, 0.1) is 0 Å². The summed E-state index contributed by atoms with van der Waals surface area (Å²) in [6.45, 7) is 17.8. The second kappa shape index (κ2) is 43.4. The molecule has 0 aliphatic heterocycles. The molecular formula is C37H48N2Rh10-2. The van der Waals surface area contributed by atoms with E-state index in [0.29, 0.717) is 0 Å². The molecule has 0 atom stereocenters. The third-order valence-corrected chi connectivity index (χ3v) is 6.32. The summed E-state index contributed by atoms with van der Waals surface area (Å²) >= 11 is 0. The van der Waals surface area contributed by atoms with Crippen LogP contribution in [0.25, 0.3) is 43.6 Å². The number of benzene rings is 4. The molecule has 0 spiro atoms. The normalized spacial score (nSPS) is 8.00. The summed E-state index contributed by atoms with van der Waals surface area (Å²) < 4.78 is 4.86. The molecule has 2 aromatic heterocycles. The van der Waals surface area contributed by atoms with Crippen LogP contribution in [-0.4, -0.2) is 9.13 Å². The molecule has 0 fully saturated rings. The fourth-order valence-corrected chi connectivity index (χ4v) is 4.93. The van der Waals surface area contributed by atoms with E-state index in [-0.39, 0.29) is 195 Å². The van der Waals surface area contributed by atoms with Crippen LogP contribution in [0.1, 0.15) is 61.8 Å². The SMILES string of the molecule is CC.CC.CC.CC.[Rh].[Rh].[Rh].[Rh].[Rh].[Rh].[Rh].[Rh].[Rh].[Rh].c1ccc2c(c1)c1ccccc1n2C[CH-]C[CH-]Cn1c2ccccc2c2ccccc21. The summed E-state index contributed by atoms with van der Waals surface area (Å²) in [6, 6.07) is 34.8. The zero-order valence-electron chi connectivity index (χ0n) is 28.7. The fraction of sp³-hybridized carbons (Fsp3) is 0.297. The largest absolute Gasteiger partial charge is 0.371 e. The van der Waals surface area contributed by atoms with Gasteiger partial charge in [-0.2, -0.15) is 0 Å². The zero-order chi connectivity index (χ0) is 28.6. The van der Waals surface area contributed by atoms with Gasteiger partial charge in [0.15, 0.2) is 0 Å². The first-order chi connectivity index (χ1) is 19.4. The van der Waals surface area contributed by atoms with E-state index in [9.17, 15) is 0 Å². The smallest absolute Gasteiger partial charge is 0.0466 e. The molecule has 10 radical (unpaired) electrons. The summed E-state index contributed by atoms with van der Waals surface area (Å²) in [5.74, 6) is 0. The first-order valence-electron chi connectivity index (χ1n) is 15.0. The van der Waals surface area contributed by atoms with E-state index in [4.69, 9.17) is 0 Å². The predicted molar refractivity (Wildman–Crippen MR) is 177 cm³/mol. The molecule has 0 bridgehead atoms. The molecule has 0 saturated heterocycles. The second-order valence-electron chi connectivity index (χ2n) is 8.10. The van der Waals surface area contributed by atoms with Gasteiger partial charge in [-0.25, -0.2) is 0 Å². The maximum absolute atomic E-state index is 2.43. The van der Waals surface area contributed by atoms with Crippen molar-refractivity contribution < 1.29 is 195 Å². The summed E-state index contributed by atoms with van der Waals surface area (Å²) in [4.78, 5) is 0. The predicted octanol–water partition coefficient (Wildman–Crippen LogP) is 11.5. The van der Waals surface area contributed by atoms with E-state index in [1.165, 1.54) is 43.6 Å². The van der Waals surface area contributed by atoms with E-state index >= 15 is 0 Å². The van der Waals surface area contributed by atoms with Gasteiger partial charge in [-0.05, 0) is 24.3 Å². The van der Waals surface area contributed by atoms with Gasteiger partial charge in [0, 0.05) is 238 Å². The van der Waals surface area contributed by atoms with Gasteiger partial charge < -0.3 is 28.4 Å². The van der Waals surface area contributed by atoms with Crippen molar-refractivity contribution in [2.45, 2.75) is 74.9 Å². The van der Waals surface area contributed by atoms with Crippen LogP contribution in [0.3, 0.4) is 0 Å². The number of unbranched alkanes of at least 4 members (excludes halogenated alkanes) is 2. The number of rotatable bonds is 6. The minimum atomic E-state index is 0. The molecule has 2 heterocycles. The summed E-state index contributed by atoms with van der Waals surface area (Å²) in [5.41, 5.74) is 5.23. The van der Waals surface area contributed by atoms with Crippen molar-refractivity contribution in [1.29, 1.82) is 0 Å². The van der Waals surface area contributed by atoms with E-state index in [1.807, 2.05) is 55.4 Å². The van der Waals surface area contributed by atoms with Crippen molar-refractivity contribution in [3.05, 3.63) is 110 Å². The number of hydrogen-bond acceptors (Lipinski definition) is 0. The second-order valence-corrected chi connectivity index (χ2v) is 8.10. The number of para-hydroxylation sites is 4.